The third kappa shape index (κ3) is 6.36. The topological polar surface area (TPSA) is 120 Å². The van der Waals surface area contributed by atoms with Crippen LogP contribution in [0.15, 0.2) is 30.6 Å². The fourth-order valence-corrected chi connectivity index (χ4v) is 4.34. The van der Waals surface area contributed by atoms with Crippen LogP contribution >= 0.6 is 11.6 Å². The number of aromatic nitrogens is 4. The van der Waals surface area contributed by atoms with Gasteiger partial charge in [0.05, 0.1) is 34.1 Å². The first-order chi connectivity index (χ1) is 18.1. The molecule has 0 bridgehead atoms. The zero-order valence-electron chi connectivity index (χ0n) is 20.8. The van der Waals surface area contributed by atoms with Crippen LogP contribution in [-0.2, 0) is 13.2 Å². The van der Waals surface area contributed by atoms with Gasteiger partial charge in [0.15, 0.2) is 11.5 Å². The number of hydrogen-bond donors (Lipinski definition) is 3. The lowest BCUT2D eigenvalue weighted by Gasteiger charge is -2.10. The fourth-order valence-electron chi connectivity index (χ4n) is 4.07. The number of nitrogens with two attached hydrogens (primary N) is 1. The number of imidazole rings is 1. The van der Waals surface area contributed by atoms with Gasteiger partial charge in [0.25, 0.3) is 11.8 Å². The minimum absolute atomic E-state index is 0.0445. The molecule has 0 aliphatic heterocycles. The van der Waals surface area contributed by atoms with Gasteiger partial charge in [-0.2, -0.15) is 18.3 Å². The van der Waals surface area contributed by atoms with Gasteiger partial charge in [-0.15, -0.1) is 0 Å². The van der Waals surface area contributed by atoms with Crippen LogP contribution in [-0.4, -0.2) is 44.2 Å². The number of unbranched alkanes of at least 4 members (excludes halogenated alkanes) is 3. The van der Waals surface area contributed by atoms with Crippen LogP contribution in [0.1, 0.15) is 71.2 Å². The van der Waals surface area contributed by atoms with Crippen molar-refractivity contribution in [3.8, 4) is 11.3 Å². The maximum Gasteiger partial charge on any atom is 0.435 e. The van der Waals surface area contributed by atoms with Gasteiger partial charge in [0.1, 0.15) is 0 Å². The minimum Gasteiger partial charge on any atom is -0.352 e. The molecule has 9 nitrogen and oxygen atoms in total. The summed E-state index contributed by atoms with van der Waals surface area (Å²) in [6.07, 6.45) is 3.21. The monoisotopic (exact) mass is 551 g/mol. The summed E-state index contributed by atoms with van der Waals surface area (Å²) in [4.78, 5) is 29.4. The van der Waals surface area contributed by atoms with Crippen LogP contribution in [0.5, 0.6) is 0 Å². The predicted molar refractivity (Wildman–Crippen MR) is 137 cm³/mol. The number of benzene rings is 1. The van der Waals surface area contributed by atoms with Gasteiger partial charge in [-0.05, 0) is 50.4 Å². The van der Waals surface area contributed by atoms with Crippen molar-refractivity contribution >= 4 is 29.1 Å². The van der Waals surface area contributed by atoms with Crippen LogP contribution in [0.2, 0.25) is 5.02 Å². The van der Waals surface area contributed by atoms with Crippen molar-refractivity contribution in [2.45, 2.75) is 50.7 Å². The molecule has 13 heteroatoms. The van der Waals surface area contributed by atoms with Crippen LogP contribution in [0.3, 0.4) is 0 Å². The van der Waals surface area contributed by atoms with Gasteiger partial charge in [-0.25, -0.2) is 4.98 Å². The molecular weight excluding hydrogens is 523 g/mol. The van der Waals surface area contributed by atoms with Crippen molar-refractivity contribution in [1.29, 1.82) is 0 Å². The third-order valence-electron chi connectivity index (χ3n) is 6.28. The lowest BCUT2D eigenvalue weighted by molar-refractivity contribution is -0.141. The first-order valence-corrected chi connectivity index (χ1v) is 12.8. The van der Waals surface area contributed by atoms with Gasteiger partial charge in [-0.3, -0.25) is 14.3 Å². The molecule has 4 N–H and O–H groups in total. The minimum atomic E-state index is -4.66. The zero-order chi connectivity index (χ0) is 27.4. The van der Waals surface area contributed by atoms with E-state index in [4.69, 9.17) is 17.3 Å². The molecule has 1 aliphatic carbocycles. The molecule has 2 heterocycles. The largest absolute Gasteiger partial charge is 0.435 e. The maximum atomic E-state index is 13.6. The number of rotatable bonds is 11. The Morgan fingerprint density at radius 1 is 1.16 bits per heavy atom. The van der Waals surface area contributed by atoms with Gasteiger partial charge in [-0.1, -0.05) is 24.4 Å². The molecule has 38 heavy (non-hydrogen) atoms. The number of hydrogen-bond acceptors (Lipinski definition) is 5. The van der Waals surface area contributed by atoms with Crippen molar-refractivity contribution in [2.75, 3.05) is 18.4 Å². The highest BCUT2D eigenvalue weighted by atomic mass is 35.5. The summed E-state index contributed by atoms with van der Waals surface area (Å²) in [5, 5.41) is 9.34. The molecule has 204 valence electrons. The molecule has 4 rings (SSSR count). The first kappa shape index (κ1) is 27.6. The van der Waals surface area contributed by atoms with Gasteiger partial charge < -0.3 is 20.9 Å². The van der Waals surface area contributed by atoms with E-state index in [1.165, 1.54) is 46.9 Å². The number of nitrogens with zero attached hydrogens (tertiary/aromatic N) is 4. The third-order valence-corrected chi connectivity index (χ3v) is 6.59. The number of carbonyl (C=O) groups excluding carboxylic acids is 2. The molecule has 1 fully saturated rings. The summed E-state index contributed by atoms with van der Waals surface area (Å²) in [6.45, 7) is 1.16. The summed E-state index contributed by atoms with van der Waals surface area (Å²) in [5.74, 6) is -1.07. The lowest BCUT2D eigenvalue weighted by Crippen LogP contribution is -2.25. The van der Waals surface area contributed by atoms with Crippen LogP contribution < -0.4 is 16.4 Å². The van der Waals surface area contributed by atoms with Gasteiger partial charge in [0.2, 0.25) is 0 Å². The Balaban J connectivity index is 1.44. The molecule has 0 saturated heterocycles. The van der Waals surface area contributed by atoms with E-state index in [2.05, 4.69) is 20.7 Å². The van der Waals surface area contributed by atoms with E-state index in [1.54, 1.807) is 0 Å². The van der Waals surface area contributed by atoms with E-state index >= 15 is 0 Å². The first-order valence-electron chi connectivity index (χ1n) is 12.4. The molecule has 1 aromatic carbocycles. The Labute approximate surface area is 222 Å². The molecule has 1 aliphatic rings. The molecular formula is C25H29ClF3N7O2. The Bertz CT molecular complexity index is 1310. The number of amides is 2. The standard InChI is InChI=1S/C25H29ClF3N7O2/c1-35-20(18-14-36(16-7-8-16)34-21(18)25(27,28)29)13-32-22(35)24(38)33-15-6-9-17(19(26)12-15)23(37)31-11-5-3-2-4-10-30/h6,9,12-14,16H,2-5,7-8,10-11,30H2,1H3,(H,31,37)(H,33,38). The molecule has 1 saturated carbocycles. The highest BCUT2D eigenvalue weighted by molar-refractivity contribution is 6.34. The van der Waals surface area contributed by atoms with Crippen molar-refractivity contribution < 1.29 is 22.8 Å². The maximum absolute atomic E-state index is 13.6. The normalized spacial score (nSPS) is 13.5. The number of anilines is 1. The molecule has 2 aromatic heterocycles. The Morgan fingerprint density at radius 2 is 1.89 bits per heavy atom. The molecule has 0 spiro atoms. The van der Waals surface area contributed by atoms with Crippen LogP contribution in [0.25, 0.3) is 11.3 Å². The van der Waals surface area contributed by atoms with E-state index in [9.17, 15) is 22.8 Å². The highest BCUT2D eigenvalue weighted by Crippen LogP contribution is 2.41. The summed E-state index contributed by atoms with van der Waals surface area (Å²) in [7, 11) is 1.46. The smallest absolute Gasteiger partial charge is 0.352 e. The molecule has 0 unspecified atom stereocenters. The average Bonchev–Trinajstić information content (AvgIpc) is 3.48. The SMILES string of the molecule is Cn1c(-c2cn(C3CC3)nc2C(F)(F)F)cnc1C(=O)Nc1ccc(C(=O)NCCCCCCN)c(Cl)c1. The van der Waals surface area contributed by atoms with Crippen molar-refractivity contribution in [1.82, 2.24) is 24.6 Å². The Morgan fingerprint density at radius 3 is 2.55 bits per heavy atom. The summed E-state index contributed by atoms with van der Waals surface area (Å²) in [6, 6.07) is 4.40. The van der Waals surface area contributed by atoms with Crippen LogP contribution in [0, 0.1) is 0 Å². The summed E-state index contributed by atoms with van der Waals surface area (Å²) < 4.78 is 43.5. The second kappa shape index (κ2) is 11.6. The Hall–Kier alpha value is -3.38. The second-order valence-electron chi connectivity index (χ2n) is 9.23. The van der Waals surface area contributed by atoms with Crippen molar-refractivity contribution in [3.05, 3.63) is 52.7 Å². The van der Waals surface area contributed by atoms with E-state index in [-0.39, 0.29) is 39.6 Å². The fraction of sp³-hybridized carbons (Fsp3) is 0.440. The molecule has 2 amide bonds. The predicted octanol–water partition coefficient (Wildman–Crippen LogP) is 4.79. The second-order valence-corrected chi connectivity index (χ2v) is 9.64. The van der Waals surface area contributed by atoms with Gasteiger partial charge in [0, 0.05) is 25.5 Å². The molecule has 3 aromatic rings. The summed E-state index contributed by atoms with van der Waals surface area (Å²) in [5.41, 5.74) is 4.99. The van der Waals surface area contributed by atoms with Crippen molar-refractivity contribution in [3.63, 3.8) is 0 Å². The number of alkyl halides is 3. The average molecular weight is 552 g/mol. The van der Waals surface area contributed by atoms with E-state index in [0.717, 1.165) is 38.5 Å². The van der Waals surface area contributed by atoms with E-state index < -0.39 is 17.8 Å². The van der Waals surface area contributed by atoms with E-state index in [0.29, 0.717) is 18.8 Å². The zero-order valence-corrected chi connectivity index (χ0v) is 21.6. The Kier molecular flexibility index (Phi) is 8.41. The molecule has 0 radical (unpaired) electrons. The quantitative estimate of drug-likeness (QED) is 0.296. The van der Waals surface area contributed by atoms with Gasteiger partial charge >= 0.3 is 6.18 Å². The lowest BCUT2D eigenvalue weighted by atomic mass is 10.1. The summed E-state index contributed by atoms with van der Waals surface area (Å²) >= 11 is 6.28. The number of halogens is 4. The van der Waals surface area contributed by atoms with Crippen molar-refractivity contribution in [2.24, 2.45) is 12.8 Å². The van der Waals surface area contributed by atoms with E-state index in [1.807, 2.05) is 0 Å². The molecule has 0 atom stereocenters. The van der Waals surface area contributed by atoms with Crippen LogP contribution in [0.4, 0.5) is 18.9 Å². The number of nitrogens with one attached hydrogen (secondary N) is 2. The number of carbonyl (C=O) groups is 2. The highest BCUT2D eigenvalue weighted by Gasteiger charge is 2.40.